The monoisotopic (exact) mass is 270 g/mol. The molecule has 0 aliphatic rings. The molecule has 21 heavy (non-hydrogen) atoms. The fraction of sp³-hybridized carbons (Fsp3) is 0. The normalized spacial score (nSPS) is 10.8. The van der Waals surface area contributed by atoms with Crippen molar-refractivity contribution in [1.29, 1.82) is 5.26 Å². The van der Waals surface area contributed by atoms with Crippen molar-refractivity contribution in [3.8, 4) is 17.3 Å². The zero-order chi connectivity index (χ0) is 14.2. The molecule has 0 saturated heterocycles. The zero-order valence-corrected chi connectivity index (χ0v) is 11.0. The summed E-state index contributed by atoms with van der Waals surface area (Å²) < 4.78 is 0. The van der Waals surface area contributed by atoms with Crippen molar-refractivity contribution in [3.63, 3.8) is 0 Å². The number of benzene rings is 2. The van der Waals surface area contributed by atoms with Crippen LogP contribution in [0.4, 0.5) is 0 Å². The summed E-state index contributed by atoms with van der Waals surface area (Å²) in [5.41, 5.74) is 3.71. The lowest BCUT2D eigenvalue weighted by atomic mass is 10.0. The molecule has 1 N–H and O–H groups in total. The van der Waals surface area contributed by atoms with Gasteiger partial charge in [-0.2, -0.15) is 10.4 Å². The van der Waals surface area contributed by atoms with Gasteiger partial charge in [-0.15, -0.1) is 0 Å². The molecule has 4 aromatic rings. The van der Waals surface area contributed by atoms with Gasteiger partial charge in [0.2, 0.25) is 0 Å². The summed E-state index contributed by atoms with van der Waals surface area (Å²) in [5.74, 6) is 0. The Hall–Kier alpha value is -3.19. The molecule has 0 aliphatic heterocycles. The first-order valence-electron chi connectivity index (χ1n) is 6.59. The van der Waals surface area contributed by atoms with Crippen LogP contribution in [0.5, 0.6) is 0 Å². The number of pyridine rings is 1. The number of hydrogen-bond donors (Lipinski definition) is 1. The number of H-pyrrole nitrogens is 1. The number of aromatic nitrogens is 3. The van der Waals surface area contributed by atoms with Crippen LogP contribution < -0.4 is 0 Å². The van der Waals surface area contributed by atoms with E-state index in [-0.39, 0.29) is 0 Å². The largest absolute Gasteiger partial charge is 0.276 e. The highest BCUT2D eigenvalue weighted by molar-refractivity contribution is 5.94. The predicted octanol–water partition coefficient (Wildman–Crippen LogP) is 3.65. The van der Waals surface area contributed by atoms with E-state index in [0.717, 1.165) is 27.7 Å². The Labute approximate surface area is 120 Å². The highest BCUT2D eigenvalue weighted by Crippen LogP contribution is 2.27. The van der Waals surface area contributed by atoms with Gasteiger partial charge >= 0.3 is 0 Å². The van der Waals surface area contributed by atoms with Gasteiger partial charge in [0.05, 0.1) is 5.52 Å². The Morgan fingerprint density at radius 3 is 2.67 bits per heavy atom. The summed E-state index contributed by atoms with van der Waals surface area (Å²) in [6, 6.07) is 19.9. The van der Waals surface area contributed by atoms with E-state index >= 15 is 0 Å². The Morgan fingerprint density at radius 2 is 1.81 bits per heavy atom. The Bertz CT molecular complexity index is 1010. The van der Waals surface area contributed by atoms with Crippen molar-refractivity contribution >= 4 is 21.8 Å². The molecule has 98 valence electrons. The topological polar surface area (TPSA) is 65.4 Å². The summed E-state index contributed by atoms with van der Waals surface area (Å²) >= 11 is 0. The lowest BCUT2D eigenvalue weighted by Crippen LogP contribution is -1.85. The van der Waals surface area contributed by atoms with Crippen molar-refractivity contribution in [2.75, 3.05) is 0 Å². The molecule has 0 amide bonds. The van der Waals surface area contributed by atoms with Crippen LogP contribution in [0.25, 0.3) is 33.1 Å². The van der Waals surface area contributed by atoms with E-state index in [0.29, 0.717) is 5.69 Å². The van der Waals surface area contributed by atoms with E-state index in [1.807, 2.05) is 24.3 Å². The van der Waals surface area contributed by atoms with Gasteiger partial charge in [-0.3, -0.25) is 5.10 Å². The molecule has 4 rings (SSSR count). The third kappa shape index (κ3) is 1.84. The molecular weight excluding hydrogens is 260 g/mol. The van der Waals surface area contributed by atoms with Crippen LogP contribution >= 0.6 is 0 Å². The number of rotatable bonds is 1. The molecule has 4 heteroatoms. The highest BCUT2D eigenvalue weighted by atomic mass is 15.1. The van der Waals surface area contributed by atoms with E-state index in [1.54, 1.807) is 6.07 Å². The maximum atomic E-state index is 8.99. The minimum absolute atomic E-state index is 0.394. The first kappa shape index (κ1) is 11.6. The van der Waals surface area contributed by atoms with Crippen molar-refractivity contribution in [3.05, 3.63) is 60.3 Å². The van der Waals surface area contributed by atoms with Crippen LogP contribution in [-0.2, 0) is 0 Å². The van der Waals surface area contributed by atoms with Crippen molar-refractivity contribution < 1.29 is 0 Å². The molecule has 0 fully saturated rings. The first-order chi connectivity index (χ1) is 10.3. The molecule has 0 saturated carbocycles. The molecule has 0 aliphatic carbocycles. The predicted molar refractivity (Wildman–Crippen MR) is 81.5 cm³/mol. The lowest BCUT2D eigenvalue weighted by molar-refractivity contribution is 1.12. The maximum absolute atomic E-state index is 8.99. The quantitative estimate of drug-likeness (QED) is 0.574. The van der Waals surface area contributed by atoms with Gasteiger partial charge in [0.1, 0.15) is 23.0 Å². The summed E-state index contributed by atoms with van der Waals surface area (Å²) in [5, 5.41) is 18.7. The second-order valence-corrected chi connectivity index (χ2v) is 4.84. The van der Waals surface area contributed by atoms with Gasteiger partial charge in [0.25, 0.3) is 0 Å². The molecule has 0 radical (unpaired) electrons. The van der Waals surface area contributed by atoms with E-state index in [4.69, 9.17) is 5.26 Å². The molecule has 0 spiro atoms. The minimum Gasteiger partial charge on any atom is -0.276 e. The van der Waals surface area contributed by atoms with Crippen LogP contribution in [0.1, 0.15) is 5.69 Å². The Morgan fingerprint density at radius 1 is 0.952 bits per heavy atom. The van der Waals surface area contributed by atoms with Gasteiger partial charge in [-0.1, -0.05) is 36.4 Å². The lowest BCUT2D eigenvalue weighted by Gasteiger charge is -2.01. The minimum atomic E-state index is 0.394. The summed E-state index contributed by atoms with van der Waals surface area (Å²) in [6.45, 7) is 0. The van der Waals surface area contributed by atoms with Crippen molar-refractivity contribution in [1.82, 2.24) is 15.2 Å². The zero-order valence-electron chi connectivity index (χ0n) is 11.0. The molecule has 2 aromatic carbocycles. The molecule has 0 atom stereocenters. The number of fused-ring (bicyclic) bond motifs is 2. The smallest absolute Gasteiger partial charge is 0.141 e. The van der Waals surface area contributed by atoms with Gasteiger partial charge in [0.15, 0.2) is 0 Å². The Kier molecular flexibility index (Phi) is 2.45. The standard InChI is InChI=1S/C17H10N4/c18-10-14-7-8-15-17(19-14)16(21-20-15)13-6-5-11-3-1-2-4-12(11)9-13/h1-9H,(H,20,21). The number of hydrogen-bond acceptors (Lipinski definition) is 3. The number of nitrogens with zero attached hydrogens (tertiary/aromatic N) is 3. The van der Waals surface area contributed by atoms with Gasteiger partial charge < -0.3 is 0 Å². The van der Waals surface area contributed by atoms with Crippen LogP contribution in [0, 0.1) is 11.3 Å². The van der Waals surface area contributed by atoms with E-state index in [9.17, 15) is 0 Å². The SMILES string of the molecule is N#Cc1ccc2[nH]nc(-c3ccc4ccccc4c3)c2n1. The fourth-order valence-corrected chi connectivity index (χ4v) is 2.50. The summed E-state index contributed by atoms with van der Waals surface area (Å²) in [7, 11) is 0. The molecule has 4 nitrogen and oxygen atoms in total. The van der Waals surface area contributed by atoms with Crippen LogP contribution in [0.2, 0.25) is 0 Å². The number of aromatic amines is 1. The van der Waals surface area contributed by atoms with E-state index < -0.39 is 0 Å². The molecule has 2 aromatic heterocycles. The second-order valence-electron chi connectivity index (χ2n) is 4.84. The third-order valence-corrected chi connectivity index (χ3v) is 3.55. The Balaban J connectivity index is 1.97. The van der Waals surface area contributed by atoms with E-state index in [2.05, 4.69) is 45.5 Å². The van der Waals surface area contributed by atoms with Gasteiger partial charge in [-0.25, -0.2) is 4.98 Å². The summed E-state index contributed by atoms with van der Waals surface area (Å²) in [4.78, 5) is 4.36. The molecule has 2 heterocycles. The van der Waals surface area contributed by atoms with E-state index in [1.165, 1.54) is 5.39 Å². The van der Waals surface area contributed by atoms with Gasteiger partial charge in [-0.05, 0) is 29.0 Å². The number of nitriles is 1. The third-order valence-electron chi connectivity index (χ3n) is 3.55. The second kappa shape index (κ2) is 4.43. The maximum Gasteiger partial charge on any atom is 0.141 e. The van der Waals surface area contributed by atoms with Crippen LogP contribution in [-0.4, -0.2) is 15.2 Å². The average Bonchev–Trinajstić information content (AvgIpc) is 2.97. The highest BCUT2D eigenvalue weighted by Gasteiger charge is 2.10. The van der Waals surface area contributed by atoms with Gasteiger partial charge in [0, 0.05) is 5.56 Å². The molecule has 0 bridgehead atoms. The summed E-state index contributed by atoms with van der Waals surface area (Å²) in [6.07, 6.45) is 0. The number of nitrogens with one attached hydrogen (secondary N) is 1. The fourth-order valence-electron chi connectivity index (χ4n) is 2.50. The first-order valence-corrected chi connectivity index (χ1v) is 6.59. The average molecular weight is 270 g/mol. The molecule has 0 unspecified atom stereocenters. The van der Waals surface area contributed by atoms with Crippen molar-refractivity contribution in [2.45, 2.75) is 0 Å². The molecular formula is C17H10N4. The van der Waals surface area contributed by atoms with Crippen LogP contribution in [0.15, 0.2) is 54.6 Å². The van der Waals surface area contributed by atoms with Crippen LogP contribution in [0.3, 0.4) is 0 Å². The van der Waals surface area contributed by atoms with Crippen molar-refractivity contribution in [2.24, 2.45) is 0 Å².